The van der Waals surface area contributed by atoms with Crippen LogP contribution in [0.25, 0.3) is 0 Å². The van der Waals surface area contributed by atoms with E-state index in [1.165, 1.54) is 13.8 Å². The number of ether oxygens (including phenoxy) is 7. The Labute approximate surface area is 258 Å². The molecule has 0 aromatic heterocycles. The van der Waals surface area contributed by atoms with Crippen LogP contribution in [-0.2, 0) is 52.3 Å². The molecule has 5 rings (SSSR count). The van der Waals surface area contributed by atoms with Crippen LogP contribution in [0.15, 0.2) is 0 Å². The van der Waals surface area contributed by atoms with E-state index in [0.29, 0.717) is 38.4 Å². The molecule has 2 aliphatic carbocycles. The predicted molar refractivity (Wildman–Crippen MR) is 152 cm³/mol. The van der Waals surface area contributed by atoms with Crippen molar-refractivity contribution >= 4 is 23.9 Å². The molecule has 3 aliphatic heterocycles. The van der Waals surface area contributed by atoms with Crippen molar-refractivity contribution < 1.29 is 57.4 Å². The van der Waals surface area contributed by atoms with E-state index in [0.717, 1.165) is 12.8 Å². The van der Waals surface area contributed by atoms with E-state index in [2.05, 4.69) is 13.8 Å². The number of fused-ring (bicyclic) bond motifs is 3. The van der Waals surface area contributed by atoms with Crippen molar-refractivity contribution in [2.45, 2.75) is 129 Å². The number of rotatable bonds is 10. The van der Waals surface area contributed by atoms with Crippen LogP contribution in [0.2, 0.25) is 0 Å². The van der Waals surface area contributed by atoms with Crippen LogP contribution in [0.5, 0.6) is 0 Å². The minimum atomic E-state index is -0.921. The highest BCUT2D eigenvalue weighted by Crippen LogP contribution is 2.70. The zero-order valence-electron chi connectivity index (χ0n) is 26.7. The molecular formula is C32H48O12. The number of epoxide rings is 1. The van der Waals surface area contributed by atoms with Crippen LogP contribution in [0.3, 0.4) is 0 Å². The molecule has 3 heterocycles. The molecule has 12 nitrogen and oxygen atoms in total. The second-order valence-corrected chi connectivity index (χ2v) is 14.0. The summed E-state index contributed by atoms with van der Waals surface area (Å²) in [5.41, 5.74) is -2.21. The Balaban J connectivity index is 1.37. The van der Waals surface area contributed by atoms with Gasteiger partial charge in [0, 0.05) is 31.6 Å². The second-order valence-electron chi connectivity index (χ2n) is 14.0. The van der Waals surface area contributed by atoms with Gasteiger partial charge in [-0.15, -0.1) is 0 Å². The van der Waals surface area contributed by atoms with Gasteiger partial charge in [0.1, 0.15) is 30.5 Å². The molecular weight excluding hydrogens is 576 g/mol. The lowest BCUT2D eigenvalue weighted by Crippen LogP contribution is -2.70. The lowest BCUT2D eigenvalue weighted by atomic mass is 9.42. The van der Waals surface area contributed by atoms with Crippen molar-refractivity contribution in [3.63, 3.8) is 0 Å². The maximum Gasteiger partial charge on any atom is 0.309 e. The number of hydrogen-bond donors (Lipinski definition) is 1. The lowest BCUT2D eigenvalue weighted by Gasteiger charge is -2.64. The van der Waals surface area contributed by atoms with Gasteiger partial charge in [-0.05, 0) is 51.4 Å². The highest BCUT2D eigenvalue weighted by molar-refractivity contribution is 5.73. The van der Waals surface area contributed by atoms with Gasteiger partial charge in [0.05, 0.1) is 43.7 Å². The Kier molecular flexibility index (Phi) is 9.39. The minimum Gasteiger partial charge on any atom is -0.465 e. The van der Waals surface area contributed by atoms with Crippen molar-refractivity contribution in [1.82, 2.24) is 0 Å². The molecule has 0 aromatic carbocycles. The van der Waals surface area contributed by atoms with E-state index in [-0.39, 0.29) is 43.7 Å². The number of aliphatic hydroxyl groups is 1. The summed E-state index contributed by atoms with van der Waals surface area (Å²) in [6.07, 6.45) is -0.335. The summed E-state index contributed by atoms with van der Waals surface area (Å²) in [4.78, 5) is 49.1. The first-order valence-electron chi connectivity index (χ1n) is 16.0. The molecule has 0 radical (unpaired) electrons. The van der Waals surface area contributed by atoms with Crippen LogP contribution in [0.1, 0.15) is 86.5 Å². The van der Waals surface area contributed by atoms with Gasteiger partial charge in [0.25, 0.3) is 0 Å². The fourth-order valence-electron chi connectivity index (χ4n) is 8.85. The average molecular weight is 625 g/mol. The number of carbonyl (C=O) groups excluding carboxylic acids is 4. The quantitative estimate of drug-likeness (QED) is 0.216. The van der Waals surface area contributed by atoms with E-state index in [9.17, 15) is 24.3 Å². The predicted octanol–water partition coefficient (Wildman–Crippen LogP) is 2.85. The summed E-state index contributed by atoms with van der Waals surface area (Å²) in [7, 11) is 0. The van der Waals surface area contributed by atoms with Crippen molar-refractivity contribution in [1.29, 1.82) is 0 Å². The SMILES string of the molecule is CC(=O)O[C@H]1C[C@@H](C)[C@](C)([C@@H]2C[C@@H]3CCO[C@H]3O2)[C@H]2C[C@@H](O)C[C@]3(CO3)[C@]12COC(=O)C[C@H](C)OC(=O)C[C@H](C)OC(C)=O. The highest BCUT2D eigenvalue weighted by Gasteiger charge is 2.77. The van der Waals surface area contributed by atoms with Gasteiger partial charge in [-0.1, -0.05) is 13.8 Å². The Hall–Kier alpha value is -2.28. The van der Waals surface area contributed by atoms with Crippen molar-refractivity contribution in [2.75, 3.05) is 19.8 Å². The Morgan fingerprint density at radius 1 is 0.977 bits per heavy atom. The first-order valence-corrected chi connectivity index (χ1v) is 16.0. The zero-order valence-corrected chi connectivity index (χ0v) is 26.7. The zero-order chi connectivity index (χ0) is 32.0. The first-order chi connectivity index (χ1) is 20.7. The topological polar surface area (TPSA) is 156 Å². The van der Waals surface area contributed by atoms with Gasteiger partial charge in [-0.3, -0.25) is 19.2 Å². The second kappa shape index (κ2) is 12.5. The van der Waals surface area contributed by atoms with Gasteiger partial charge in [0.15, 0.2) is 6.29 Å². The Morgan fingerprint density at radius 3 is 2.30 bits per heavy atom. The smallest absolute Gasteiger partial charge is 0.309 e. The maximum absolute atomic E-state index is 13.2. The van der Waals surface area contributed by atoms with Crippen molar-refractivity contribution in [2.24, 2.45) is 28.6 Å². The monoisotopic (exact) mass is 624 g/mol. The maximum atomic E-state index is 13.2. The normalized spacial score (nSPS) is 42.0. The van der Waals surface area contributed by atoms with Gasteiger partial charge in [-0.2, -0.15) is 0 Å². The highest BCUT2D eigenvalue weighted by atomic mass is 16.7. The molecule has 0 amide bonds. The third-order valence-corrected chi connectivity index (χ3v) is 11.0. The van der Waals surface area contributed by atoms with Gasteiger partial charge in [-0.25, -0.2) is 0 Å². The molecule has 5 aliphatic rings. The Bertz CT molecular complexity index is 1110. The molecule has 0 bridgehead atoms. The fourth-order valence-corrected chi connectivity index (χ4v) is 8.85. The average Bonchev–Trinajstić information content (AvgIpc) is 3.33. The largest absolute Gasteiger partial charge is 0.465 e. The third-order valence-electron chi connectivity index (χ3n) is 11.0. The molecule has 44 heavy (non-hydrogen) atoms. The number of carbonyl (C=O) groups is 4. The van der Waals surface area contributed by atoms with E-state index in [1.54, 1.807) is 13.8 Å². The van der Waals surface area contributed by atoms with Crippen molar-refractivity contribution in [3.8, 4) is 0 Å². The van der Waals surface area contributed by atoms with Crippen LogP contribution in [-0.4, -0.2) is 91.2 Å². The molecule has 12 atom stereocenters. The molecule has 12 heteroatoms. The molecule has 5 fully saturated rings. The van der Waals surface area contributed by atoms with E-state index in [1.807, 2.05) is 0 Å². The molecule has 1 N–H and O–H groups in total. The van der Waals surface area contributed by atoms with Crippen LogP contribution in [0, 0.1) is 28.6 Å². The van der Waals surface area contributed by atoms with Crippen LogP contribution in [0.4, 0.5) is 0 Å². The van der Waals surface area contributed by atoms with Crippen LogP contribution >= 0.6 is 0 Å². The Morgan fingerprint density at radius 2 is 1.66 bits per heavy atom. The lowest BCUT2D eigenvalue weighted by molar-refractivity contribution is -0.264. The van der Waals surface area contributed by atoms with E-state index in [4.69, 9.17) is 33.2 Å². The number of esters is 4. The van der Waals surface area contributed by atoms with Crippen LogP contribution < -0.4 is 0 Å². The van der Waals surface area contributed by atoms with E-state index < -0.39 is 64.7 Å². The summed E-state index contributed by atoms with van der Waals surface area (Å²) in [6.45, 7) is 11.1. The summed E-state index contributed by atoms with van der Waals surface area (Å²) in [5, 5.41) is 11.2. The fraction of sp³-hybridized carbons (Fsp3) is 0.875. The molecule has 248 valence electrons. The summed E-state index contributed by atoms with van der Waals surface area (Å²) in [6, 6.07) is 0. The summed E-state index contributed by atoms with van der Waals surface area (Å²) >= 11 is 0. The molecule has 0 aromatic rings. The molecule has 1 spiro atoms. The number of aliphatic hydroxyl groups excluding tert-OH is 1. The third kappa shape index (κ3) is 6.11. The summed E-state index contributed by atoms with van der Waals surface area (Å²) in [5.74, 6) is -1.99. The van der Waals surface area contributed by atoms with Gasteiger partial charge in [0.2, 0.25) is 0 Å². The standard InChI is InChI=1S/C32H48O12/c1-17-9-26(43-21(5)34)32(16-39-27(36)10-19(3)42-28(37)11-18(2)41-20(4)33)24(13-23(35)14-31(32)15-40-31)30(17,6)25-12-22-7-8-38-29(22)44-25/h17-19,22-26,29,35H,7-16H2,1-6H3/t17-,18+,19+,22+,23-,24-,25+,26+,29+,30+,31+,32+/m1/s1. The summed E-state index contributed by atoms with van der Waals surface area (Å²) < 4.78 is 41.0. The molecule has 0 unspecified atom stereocenters. The van der Waals surface area contributed by atoms with Gasteiger partial charge >= 0.3 is 23.9 Å². The van der Waals surface area contributed by atoms with Gasteiger partial charge < -0.3 is 38.3 Å². The molecule has 2 saturated carbocycles. The van der Waals surface area contributed by atoms with Crippen molar-refractivity contribution in [3.05, 3.63) is 0 Å². The molecule has 3 saturated heterocycles. The number of hydrogen-bond acceptors (Lipinski definition) is 12. The minimum absolute atomic E-state index is 0.0550. The van der Waals surface area contributed by atoms with E-state index >= 15 is 0 Å². The first kappa shape index (κ1) is 33.1.